The number of carbonyl (C=O) groups is 2. The van der Waals surface area contributed by atoms with Crippen molar-refractivity contribution in [3.8, 4) is 0 Å². The normalized spacial score (nSPS) is 9.89. The van der Waals surface area contributed by atoms with Gasteiger partial charge in [0.05, 0.1) is 20.0 Å². The Balaban J connectivity index is 2.49. The zero-order valence-corrected chi connectivity index (χ0v) is 10.8. The second-order valence-electron chi connectivity index (χ2n) is 3.84. The number of esters is 1. The minimum absolute atomic E-state index is 0.00518. The molecular weight excluding hydrogens is 232 g/mol. The largest absolute Gasteiger partial charge is 0.469 e. The molecule has 1 amide bonds. The summed E-state index contributed by atoms with van der Waals surface area (Å²) in [6.07, 6.45) is 3.88. The van der Waals surface area contributed by atoms with Crippen LogP contribution < -0.4 is 0 Å². The molecule has 98 valence electrons. The molecule has 0 fully saturated rings. The van der Waals surface area contributed by atoms with Gasteiger partial charge in [-0.15, -0.1) is 0 Å². The number of amides is 1. The molecule has 18 heavy (non-hydrogen) atoms. The average molecular weight is 250 g/mol. The van der Waals surface area contributed by atoms with Crippen molar-refractivity contribution in [2.45, 2.75) is 19.8 Å². The summed E-state index contributed by atoms with van der Waals surface area (Å²) >= 11 is 0. The van der Waals surface area contributed by atoms with Crippen LogP contribution in [-0.4, -0.2) is 42.0 Å². The molecule has 1 heterocycles. The number of carbonyl (C=O) groups excluding carboxylic acids is 2. The monoisotopic (exact) mass is 250 g/mol. The van der Waals surface area contributed by atoms with Crippen molar-refractivity contribution >= 4 is 11.9 Å². The van der Waals surface area contributed by atoms with Crippen molar-refractivity contribution in [3.05, 3.63) is 30.1 Å². The Bertz CT molecular complexity index is 392. The first-order chi connectivity index (χ1) is 8.67. The summed E-state index contributed by atoms with van der Waals surface area (Å²) in [4.78, 5) is 28.6. The van der Waals surface area contributed by atoms with E-state index in [1.54, 1.807) is 23.4 Å². The van der Waals surface area contributed by atoms with Gasteiger partial charge < -0.3 is 9.64 Å². The lowest BCUT2D eigenvalue weighted by molar-refractivity contribution is -0.141. The van der Waals surface area contributed by atoms with E-state index in [1.165, 1.54) is 7.11 Å². The summed E-state index contributed by atoms with van der Waals surface area (Å²) in [5, 5.41) is 0. The van der Waals surface area contributed by atoms with E-state index in [0.29, 0.717) is 19.5 Å². The van der Waals surface area contributed by atoms with Gasteiger partial charge in [-0.2, -0.15) is 0 Å². The van der Waals surface area contributed by atoms with E-state index in [9.17, 15) is 9.59 Å². The minimum Gasteiger partial charge on any atom is -0.469 e. The maximum absolute atomic E-state index is 12.0. The number of rotatable bonds is 6. The SMILES string of the molecule is CCN(CCC(=O)OC)C(=O)Cc1cccnc1. The number of likely N-dealkylation sites (N-methyl/N-ethyl adjacent to an activating group) is 1. The zero-order valence-electron chi connectivity index (χ0n) is 10.8. The van der Waals surface area contributed by atoms with Crippen LogP contribution in [0.5, 0.6) is 0 Å². The highest BCUT2D eigenvalue weighted by Crippen LogP contribution is 2.02. The molecule has 0 saturated carbocycles. The highest BCUT2D eigenvalue weighted by Gasteiger charge is 2.13. The van der Waals surface area contributed by atoms with E-state index < -0.39 is 0 Å². The Kier molecular flexibility index (Phi) is 5.84. The first-order valence-corrected chi connectivity index (χ1v) is 5.90. The van der Waals surface area contributed by atoms with Crippen LogP contribution in [0.15, 0.2) is 24.5 Å². The fourth-order valence-electron chi connectivity index (χ4n) is 1.58. The van der Waals surface area contributed by atoms with Crippen LogP contribution in [-0.2, 0) is 20.7 Å². The number of aromatic nitrogens is 1. The van der Waals surface area contributed by atoms with E-state index in [4.69, 9.17) is 0 Å². The maximum Gasteiger partial charge on any atom is 0.307 e. The number of pyridine rings is 1. The van der Waals surface area contributed by atoms with Gasteiger partial charge in [-0.1, -0.05) is 6.07 Å². The Morgan fingerprint density at radius 1 is 1.44 bits per heavy atom. The van der Waals surface area contributed by atoms with E-state index in [-0.39, 0.29) is 18.3 Å². The number of hydrogen-bond acceptors (Lipinski definition) is 4. The van der Waals surface area contributed by atoms with Gasteiger partial charge in [-0.3, -0.25) is 14.6 Å². The van der Waals surface area contributed by atoms with Crippen LogP contribution in [0.3, 0.4) is 0 Å². The smallest absolute Gasteiger partial charge is 0.307 e. The zero-order chi connectivity index (χ0) is 13.4. The summed E-state index contributed by atoms with van der Waals surface area (Å²) in [7, 11) is 1.34. The third-order valence-electron chi connectivity index (χ3n) is 2.63. The van der Waals surface area contributed by atoms with Crippen LogP contribution in [0.1, 0.15) is 18.9 Å². The first-order valence-electron chi connectivity index (χ1n) is 5.90. The third kappa shape index (κ3) is 4.53. The summed E-state index contributed by atoms with van der Waals surface area (Å²) in [5.74, 6) is -0.308. The molecule has 0 unspecified atom stereocenters. The molecular formula is C13H18N2O3. The van der Waals surface area contributed by atoms with E-state index in [1.807, 2.05) is 13.0 Å². The van der Waals surface area contributed by atoms with Crippen LogP contribution in [0.4, 0.5) is 0 Å². The molecule has 0 bridgehead atoms. The van der Waals surface area contributed by atoms with Gasteiger partial charge in [0, 0.05) is 25.5 Å². The molecule has 1 aromatic heterocycles. The summed E-state index contributed by atoms with van der Waals surface area (Å²) in [6.45, 7) is 2.86. The Labute approximate surface area is 107 Å². The lowest BCUT2D eigenvalue weighted by Crippen LogP contribution is -2.34. The van der Waals surface area contributed by atoms with Gasteiger partial charge in [-0.25, -0.2) is 0 Å². The molecule has 5 nitrogen and oxygen atoms in total. The highest BCUT2D eigenvalue weighted by molar-refractivity contribution is 5.79. The van der Waals surface area contributed by atoms with Crippen molar-refractivity contribution in [2.75, 3.05) is 20.2 Å². The van der Waals surface area contributed by atoms with Crippen molar-refractivity contribution in [3.63, 3.8) is 0 Å². The van der Waals surface area contributed by atoms with Crippen molar-refractivity contribution < 1.29 is 14.3 Å². The molecule has 0 saturated heterocycles. The van der Waals surface area contributed by atoms with E-state index >= 15 is 0 Å². The number of nitrogens with zero attached hydrogens (tertiary/aromatic N) is 2. The summed E-state index contributed by atoms with van der Waals surface area (Å²) in [6, 6.07) is 3.66. The minimum atomic E-state index is -0.303. The predicted molar refractivity (Wildman–Crippen MR) is 66.8 cm³/mol. The lowest BCUT2D eigenvalue weighted by Gasteiger charge is -2.20. The molecule has 0 aliphatic heterocycles. The molecule has 0 aliphatic carbocycles. The molecule has 5 heteroatoms. The van der Waals surface area contributed by atoms with Gasteiger partial charge in [0.25, 0.3) is 0 Å². The molecule has 0 aromatic carbocycles. The summed E-state index contributed by atoms with van der Waals surface area (Å²) in [5.41, 5.74) is 0.874. The van der Waals surface area contributed by atoms with Crippen LogP contribution in [0.2, 0.25) is 0 Å². The topological polar surface area (TPSA) is 59.5 Å². The van der Waals surface area contributed by atoms with Crippen LogP contribution in [0.25, 0.3) is 0 Å². The second kappa shape index (κ2) is 7.42. The quantitative estimate of drug-likeness (QED) is 0.708. The molecule has 1 aromatic rings. The van der Waals surface area contributed by atoms with Gasteiger partial charge in [-0.05, 0) is 18.6 Å². The molecule has 0 atom stereocenters. The Hall–Kier alpha value is -1.91. The number of methoxy groups -OCH3 is 1. The van der Waals surface area contributed by atoms with Gasteiger partial charge in [0.15, 0.2) is 0 Å². The predicted octanol–water partition coefficient (Wildman–Crippen LogP) is 1.04. The molecule has 0 aliphatic rings. The van der Waals surface area contributed by atoms with Gasteiger partial charge in [0.2, 0.25) is 5.91 Å². The third-order valence-corrected chi connectivity index (χ3v) is 2.63. The fraction of sp³-hybridized carbons (Fsp3) is 0.462. The van der Waals surface area contributed by atoms with Gasteiger partial charge in [0.1, 0.15) is 0 Å². The standard InChI is InChI=1S/C13H18N2O3/c1-3-15(8-6-13(17)18-2)12(16)9-11-5-4-7-14-10-11/h4-5,7,10H,3,6,8-9H2,1-2H3. The number of ether oxygens (including phenoxy) is 1. The fourth-order valence-corrected chi connectivity index (χ4v) is 1.58. The molecule has 0 N–H and O–H groups in total. The van der Waals surface area contributed by atoms with Gasteiger partial charge >= 0.3 is 5.97 Å². The Morgan fingerprint density at radius 3 is 2.78 bits per heavy atom. The van der Waals surface area contributed by atoms with E-state index in [0.717, 1.165) is 5.56 Å². The second-order valence-corrected chi connectivity index (χ2v) is 3.84. The number of hydrogen-bond donors (Lipinski definition) is 0. The van der Waals surface area contributed by atoms with Crippen molar-refractivity contribution in [1.29, 1.82) is 0 Å². The lowest BCUT2D eigenvalue weighted by atomic mass is 10.2. The highest BCUT2D eigenvalue weighted by atomic mass is 16.5. The molecule has 1 rings (SSSR count). The first kappa shape index (κ1) is 14.2. The molecule has 0 radical (unpaired) electrons. The van der Waals surface area contributed by atoms with Crippen LogP contribution in [0, 0.1) is 0 Å². The summed E-state index contributed by atoms with van der Waals surface area (Å²) < 4.78 is 4.56. The Morgan fingerprint density at radius 2 is 2.22 bits per heavy atom. The van der Waals surface area contributed by atoms with E-state index in [2.05, 4.69) is 9.72 Å². The maximum atomic E-state index is 12.0. The average Bonchev–Trinajstić information content (AvgIpc) is 2.40. The van der Waals surface area contributed by atoms with Crippen molar-refractivity contribution in [1.82, 2.24) is 9.88 Å². The van der Waals surface area contributed by atoms with Crippen molar-refractivity contribution in [2.24, 2.45) is 0 Å². The molecule has 0 spiro atoms. The van der Waals surface area contributed by atoms with Crippen LogP contribution >= 0.6 is 0 Å².